The molecule has 0 spiro atoms. The molecule has 0 radical (unpaired) electrons. The number of anilines is 1. The van der Waals surface area contributed by atoms with Crippen LogP contribution in [0.15, 0.2) is 65.6 Å². The van der Waals surface area contributed by atoms with Gasteiger partial charge in [0.05, 0.1) is 0 Å². The lowest BCUT2D eigenvalue weighted by Gasteiger charge is -2.27. The molecule has 0 bridgehead atoms. The van der Waals surface area contributed by atoms with E-state index < -0.39 is 38.6 Å². The van der Waals surface area contributed by atoms with Gasteiger partial charge in [0.25, 0.3) is 15.9 Å². The average molecular weight is 501 g/mol. The lowest BCUT2D eigenvalue weighted by atomic mass is 10.0. The minimum atomic E-state index is -4.27. The molecule has 2 N–H and O–H groups in total. The Kier molecular flexibility index (Phi) is 6.33. The van der Waals surface area contributed by atoms with Crippen LogP contribution in [0.1, 0.15) is 29.8 Å². The number of fused-ring (bicyclic) bond motifs is 1. The van der Waals surface area contributed by atoms with Gasteiger partial charge < -0.3 is 10.0 Å². The molecule has 1 atom stereocenters. The van der Waals surface area contributed by atoms with E-state index in [9.17, 15) is 31.9 Å². The quantitative estimate of drug-likeness (QED) is 0.497. The second-order valence-corrected chi connectivity index (χ2v) is 10.2. The Bertz CT molecular complexity index is 1420. The van der Waals surface area contributed by atoms with Crippen molar-refractivity contribution in [3.8, 4) is 11.1 Å². The number of aliphatic carboxylic acids is 1. The maximum Gasteiger partial charge on any atom is 0.326 e. The first-order chi connectivity index (χ1) is 16.5. The highest BCUT2D eigenvalue weighted by Crippen LogP contribution is 2.32. The molecule has 1 heterocycles. The van der Waals surface area contributed by atoms with Crippen molar-refractivity contribution in [2.75, 3.05) is 4.72 Å². The highest BCUT2D eigenvalue weighted by atomic mass is 32.2. The molecule has 0 saturated carbocycles. The number of carboxylic acid groups (broad SMARTS) is 1. The summed E-state index contributed by atoms with van der Waals surface area (Å²) in [6.07, 6.45) is 0. The molecular formula is C25H22F2N2O5S. The largest absolute Gasteiger partial charge is 0.480 e. The third-order valence-electron chi connectivity index (χ3n) is 5.82. The van der Waals surface area contributed by atoms with Crippen molar-refractivity contribution in [1.29, 1.82) is 0 Å². The maximum atomic E-state index is 13.9. The van der Waals surface area contributed by atoms with Gasteiger partial charge in [-0.3, -0.25) is 9.52 Å². The first-order valence-corrected chi connectivity index (χ1v) is 12.2. The Hall–Kier alpha value is -3.79. The summed E-state index contributed by atoms with van der Waals surface area (Å²) in [5.41, 5.74) is 2.70. The van der Waals surface area contributed by atoms with Crippen LogP contribution in [0, 0.1) is 17.6 Å². The summed E-state index contributed by atoms with van der Waals surface area (Å²) in [4.78, 5) is 25.3. The molecule has 1 unspecified atom stereocenters. The van der Waals surface area contributed by atoms with Gasteiger partial charge in [0.2, 0.25) is 0 Å². The average Bonchev–Trinajstić information content (AvgIpc) is 3.08. The lowest BCUT2D eigenvalue weighted by molar-refractivity contribution is -0.144. The van der Waals surface area contributed by atoms with Crippen LogP contribution in [0.3, 0.4) is 0 Å². The van der Waals surface area contributed by atoms with Gasteiger partial charge in [-0.05, 0) is 52.9 Å². The number of carboxylic acids is 1. The molecule has 1 amide bonds. The zero-order valence-electron chi connectivity index (χ0n) is 18.8. The minimum absolute atomic E-state index is 0.169. The predicted molar refractivity (Wildman–Crippen MR) is 125 cm³/mol. The van der Waals surface area contributed by atoms with Crippen molar-refractivity contribution in [1.82, 2.24) is 4.90 Å². The van der Waals surface area contributed by atoms with Gasteiger partial charge in [0.15, 0.2) is 0 Å². The van der Waals surface area contributed by atoms with Gasteiger partial charge in [-0.15, -0.1) is 0 Å². The van der Waals surface area contributed by atoms with Crippen molar-refractivity contribution in [3.63, 3.8) is 0 Å². The highest BCUT2D eigenvalue weighted by molar-refractivity contribution is 7.92. The first-order valence-electron chi connectivity index (χ1n) is 10.7. The van der Waals surface area contributed by atoms with E-state index in [1.54, 1.807) is 44.2 Å². The molecule has 0 fully saturated rings. The fraction of sp³-hybridized carbons (Fsp3) is 0.200. The van der Waals surface area contributed by atoms with Crippen LogP contribution in [0.2, 0.25) is 0 Å². The summed E-state index contributed by atoms with van der Waals surface area (Å²) < 4.78 is 54.2. The number of hydrogen-bond acceptors (Lipinski definition) is 4. The van der Waals surface area contributed by atoms with E-state index in [0.29, 0.717) is 22.8 Å². The number of hydrogen-bond donors (Lipinski definition) is 2. The smallest absolute Gasteiger partial charge is 0.326 e. The summed E-state index contributed by atoms with van der Waals surface area (Å²) in [7, 11) is -4.27. The summed E-state index contributed by atoms with van der Waals surface area (Å²) in [5, 5.41) is 9.56. The van der Waals surface area contributed by atoms with Crippen LogP contribution < -0.4 is 4.72 Å². The number of benzene rings is 3. The summed E-state index contributed by atoms with van der Waals surface area (Å²) in [6.45, 7) is 3.71. The molecule has 1 aliphatic rings. The molecule has 3 aromatic rings. The van der Waals surface area contributed by atoms with Gasteiger partial charge in [-0.2, -0.15) is 0 Å². The van der Waals surface area contributed by atoms with Crippen molar-refractivity contribution in [2.24, 2.45) is 5.92 Å². The first kappa shape index (κ1) is 24.3. The van der Waals surface area contributed by atoms with E-state index in [4.69, 9.17) is 0 Å². The highest BCUT2D eigenvalue weighted by Gasteiger charge is 2.38. The van der Waals surface area contributed by atoms with E-state index >= 15 is 0 Å². The normalized spacial score (nSPS) is 14.2. The Labute approximate surface area is 201 Å². The molecule has 182 valence electrons. The van der Waals surface area contributed by atoms with Gasteiger partial charge in [0.1, 0.15) is 22.6 Å². The minimum Gasteiger partial charge on any atom is -0.480 e. The van der Waals surface area contributed by atoms with Crippen molar-refractivity contribution < 1.29 is 31.9 Å². The Balaban J connectivity index is 1.56. The fourth-order valence-electron chi connectivity index (χ4n) is 4.14. The lowest BCUT2D eigenvalue weighted by Crippen LogP contribution is -2.44. The summed E-state index contributed by atoms with van der Waals surface area (Å²) in [5.74, 6) is -3.75. The molecule has 0 aliphatic carbocycles. The molecule has 0 aromatic heterocycles. The number of carbonyl (C=O) groups excluding carboxylic acids is 1. The Morgan fingerprint density at radius 1 is 1.00 bits per heavy atom. The van der Waals surface area contributed by atoms with Gasteiger partial charge >= 0.3 is 5.97 Å². The number of nitrogens with one attached hydrogen (secondary N) is 1. The molecule has 7 nitrogen and oxygen atoms in total. The van der Waals surface area contributed by atoms with Crippen molar-refractivity contribution in [2.45, 2.75) is 31.3 Å². The number of carbonyl (C=O) groups is 2. The summed E-state index contributed by atoms with van der Waals surface area (Å²) >= 11 is 0. The fourth-order valence-corrected chi connectivity index (χ4v) is 5.26. The SMILES string of the molecule is CC(C)C(C(=O)O)N1Cc2ccc(-c3ccc(NS(=O)(=O)c4ccc(F)cc4F)cc3)cc2C1=O. The van der Waals surface area contributed by atoms with Crippen molar-refractivity contribution >= 4 is 27.6 Å². The van der Waals surface area contributed by atoms with Crippen LogP contribution in [0.5, 0.6) is 0 Å². The predicted octanol–water partition coefficient (Wildman–Crippen LogP) is 4.50. The molecule has 1 aliphatic heterocycles. The van der Waals surface area contributed by atoms with E-state index in [0.717, 1.165) is 17.7 Å². The maximum absolute atomic E-state index is 13.9. The number of nitrogens with zero attached hydrogens (tertiary/aromatic N) is 1. The Morgan fingerprint density at radius 2 is 1.66 bits per heavy atom. The van der Waals surface area contributed by atoms with Gasteiger partial charge in [-0.25, -0.2) is 22.0 Å². The summed E-state index contributed by atoms with van der Waals surface area (Å²) in [6, 6.07) is 12.7. The second kappa shape index (κ2) is 9.10. The van der Waals surface area contributed by atoms with Crippen molar-refractivity contribution in [3.05, 3.63) is 83.4 Å². The van der Waals surface area contributed by atoms with Crippen LogP contribution in [0.4, 0.5) is 14.5 Å². The topological polar surface area (TPSA) is 104 Å². The Morgan fingerprint density at radius 3 is 2.26 bits per heavy atom. The number of amides is 1. The molecule has 4 rings (SSSR count). The van der Waals surface area contributed by atoms with E-state index in [1.807, 2.05) is 0 Å². The van der Waals surface area contributed by atoms with E-state index in [2.05, 4.69) is 4.72 Å². The van der Waals surface area contributed by atoms with Crippen LogP contribution >= 0.6 is 0 Å². The van der Waals surface area contributed by atoms with Crippen LogP contribution in [0.25, 0.3) is 11.1 Å². The van der Waals surface area contributed by atoms with E-state index in [1.165, 1.54) is 17.0 Å². The molecule has 3 aromatic carbocycles. The van der Waals surface area contributed by atoms with E-state index in [-0.39, 0.29) is 24.1 Å². The zero-order valence-corrected chi connectivity index (χ0v) is 19.6. The second-order valence-electron chi connectivity index (χ2n) is 8.59. The molecule has 0 saturated heterocycles. The van der Waals surface area contributed by atoms with Crippen LogP contribution in [-0.2, 0) is 21.4 Å². The molecule has 10 heteroatoms. The molecular weight excluding hydrogens is 478 g/mol. The van der Waals surface area contributed by atoms with Gasteiger partial charge in [-0.1, -0.05) is 38.1 Å². The third-order valence-corrected chi connectivity index (χ3v) is 7.23. The standard InChI is InChI=1S/C25H22F2N2O5S/c1-14(2)23(25(31)32)29-13-17-4-3-16(11-20(17)24(29)30)15-5-8-19(9-6-15)28-35(33,34)22-10-7-18(26)12-21(22)27/h3-12,14,23,28H,13H2,1-2H3,(H,31,32). The zero-order chi connectivity index (χ0) is 25.5. The monoisotopic (exact) mass is 500 g/mol. The van der Waals surface area contributed by atoms with Gasteiger partial charge in [0, 0.05) is 23.9 Å². The third kappa shape index (κ3) is 4.74. The molecule has 35 heavy (non-hydrogen) atoms. The number of sulfonamides is 1. The number of rotatable bonds is 7. The number of halogens is 2. The van der Waals surface area contributed by atoms with Crippen LogP contribution in [-0.4, -0.2) is 36.3 Å².